The molecule has 0 aliphatic carbocycles. The Morgan fingerprint density at radius 3 is 2.68 bits per heavy atom. The van der Waals surface area contributed by atoms with Crippen molar-refractivity contribution in [3.05, 3.63) is 24.3 Å². The van der Waals surface area contributed by atoms with Crippen LogP contribution < -0.4 is 15.8 Å². The van der Waals surface area contributed by atoms with E-state index in [0.717, 1.165) is 0 Å². The van der Waals surface area contributed by atoms with Crippen LogP contribution in [-0.4, -0.2) is 41.1 Å². The first-order valence-electron chi connectivity index (χ1n) is 5.60. The second kappa shape index (κ2) is 7.07. The average molecular weight is 287 g/mol. The van der Waals surface area contributed by atoms with E-state index in [1.807, 2.05) is 0 Å². The minimum absolute atomic E-state index is 0.155. The van der Waals surface area contributed by atoms with Crippen molar-refractivity contribution < 1.29 is 17.9 Å². The third kappa shape index (κ3) is 4.86. The van der Waals surface area contributed by atoms with Gasteiger partial charge in [-0.25, -0.2) is 13.1 Å². The molecule has 1 aromatic carbocycles. The van der Waals surface area contributed by atoms with Gasteiger partial charge in [0.15, 0.2) is 0 Å². The van der Waals surface area contributed by atoms with Crippen molar-refractivity contribution in [3.8, 4) is 0 Å². The van der Waals surface area contributed by atoms with Gasteiger partial charge in [0.1, 0.15) is 11.5 Å². The fourth-order valence-electron chi connectivity index (χ4n) is 1.39. The molecular formula is C11H17N3O4S. The Morgan fingerprint density at radius 2 is 2.05 bits per heavy atom. The Kier molecular flexibility index (Phi) is 5.74. The Morgan fingerprint density at radius 1 is 1.37 bits per heavy atom. The number of benzene rings is 1. The first-order chi connectivity index (χ1) is 8.97. The van der Waals surface area contributed by atoms with Crippen LogP contribution in [0.2, 0.25) is 0 Å². The molecule has 0 atom stereocenters. The van der Waals surface area contributed by atoms with E-state index in [9.17, 15) is 13.2 Å². The maximum absolute atomic E-state index is 11.8. The predicted octanol–water partition coefficient (Wildman–Crippen LogP) is -0.491. The highest BCUT2D eigenvalue weighted by atomic mass is 32.2. The maximum atomic E-state index is 11.8. The van der Waals surface area contributed by atoms with Crippen molar-refractivity contribution in [2.45, 2.75) is 4.90 Å². The van der Waals surface area contributed by atoms with Crippen LogP contribution in [0.5, 0.6) is 0 Å². The van der Waals surface area contributed by atoms with Crippen LogP contribution in [0, 0.1) is 0 Å². The molecule has 0 aromatic heterocycles. The number of rotatable bonds is 8. The van der Waals surface area contributed by atoms with Gasteiger partial charge >= 0.3 is 0 Å². The van der Waals surface area contributed by atoms with E-state index in [0.29, 0.717) is 12.2 Å². The van der Waals surface area contributed by atoms with Gasteiger partial charge in [-0.3, -0.25) is 4.79 Å². The Balaban J connectivity index is 2.62. The molecule has 0 unspecified atom stereocenters. The summed E-state index contributed by atoms with van der Waals surface area (Å²) in [5.41, 5.74) is 5.38. The van der Waals surface area contributed by atoms with Crippen LogP contribution in [0.1, 0.15) is 0 Å². The average Bonchev–Trinajstić information content (AvgIpc) is 2.38. The van der Waals surface area contributed by atoms with Gasteiger partial charge in [0.05, 0.1) is 12.3 Å². The Bertz CT molecular complexity index is 530. The predicted molar refractivity (Wildman–Crippen MR) is 71.2 cm³/mol. The topological polar surface area (TPSA) is 111 Å². The van der Waals surface area contributed by atoms with Gasteiger partial charge in [0.25, 0.3) is 0 Å². The van der Waals surface area contributed by atoms with Crippen molar-refractivity contribution in [2.75, 3.05) is 32.1 Å². The summed E-state index contributed by atoms with van der Waals surface area (Å²) in [7, 11) is -2.16. The van der Waals surface area contributed by atoms with Gasteiger partial charge in [-0.1, -0.05) is 12.1 Å². The number of nitrogens with one attached hydrogen (secondary N) is 2. The lowest BCUT2D eigenvalue weighted by atomic mass is 10.3. The molecule has 0 aliphatic rings. The van der Waals surface area contributed by atoms with Crippen molar-refractivity contribution in [2.24, 2.45) is 5.73 Å². The zero-order valence-corrected chi connectivity index (χ0v) is 11.4. The van der Waals surface area contributed by atoms with E-state index in [2.05, 4.69) is 10.0 Å². The van der Waals surface area contributed by atoms with Gasteiger partial charge in [0.2, 0.25) is 15.9 Å². The zero-order chi connectivity index (χ0) is 14.3. The maximum Gasteiger partial charge on any atom is 0.243 e. The number of anilines is 1. The third-order valence-corrected chi connectivity index (χ3v) is 3.72. The normalized spacial score (nSPS) is 11.2. The number of carbonyl (C=O) groups excluding carboxylic acids is 1. The molecule has 0 saturated heterocycles. The number of sulfonamides is 1. The summed E-state index contributed by atoms with van der Waals surface area (Å²) in [6.07, 6.45) is 0. The number of primary amides is 1. The van der Waals surface area contributed by atoms with Gasteiger partial charge in [-0.15, -0.1) is 0 Å². The van der Waals surface area contributed by atoms with Gasteiger partial charge in [0, 0.05) is 6.54 Å². The molecule has 0 radical (unpaired) electrons. The number of amides is 1. The fraction of sp³-hybridized carbons (Fsp3) is 0.364. The number of para-hydroxylation sites is 1. The summed E-state index contributed by atoms with van der Waals surface area (Å²) in [4.78, 5) is 10.6. The summed E-state index contributed by atoms with van der Waals surface area (Å²) in [5.74, 6) is -0.543. The second-order valence-electron chi connectivity index (χ2n) is 3.65. The largest absolute Gasteiger partial charge is 0.382 e. The molecule has 0 fully saturated rings. The van der Waals surface area contributed by atoms with E-state index in [1.165, 1.54) is 13.1 Å². The standard InChI is InChI=1S/C11H17N3O4S/c1-13-19(16,17)10-5-3-2-4-9(10)14-6-7-18-8-11(12)15/h2-5,13-14H,6-8H2,1H3,(H2,12,15). The molecule has 7 nitrogen and oxygen atoms in total. The molecule has 1 aromatic rings. The Labute approximate surface area is 112 Å². The monoisotopic (exact) mass is 287 g/mol. The van der Waals surface area contributed by atoms with Crippen LogP contribution in [-0.2, 0) is 19.6 Å². The summed E-state index contributed by atoms with van der Waals surface area (Å²) in [5, 5.41) is 2.93. The zero-order valence-electron chi connectivity index (χ0n) is 10.5. The van der Waals surface area contributed by atoms with Crippen LogP contribution in [0.4, 0.5) is 5.69 Å². The molecule has 0 bridgehead atoms. The van der Waals surface area contributed by atoms with Gasteiger partial charge in [-0.05, 0) is 19.2 Å². The molecule has 106 valence electrons. The molecule has 0 aliphatic heterocycles. The summed E-state index contributed by atoms with van der Waals surface area (Å²) >= 11 is 0. The number of nitrogens with two attached hydrogens (primary N) is 1. The molecule has 19 heavy (non-hydrogen) atoms. The fourth-order valence-corrected chi connectivity index (χ4v) is 2.29. The van der Waals surface area contributed by atoms with Crippen LogP contribution in [0.25, 0.3) is 0 Å². The molecule has 4 N–H and O–H groups in total. The smallest absolute Gasteiger partial charge is 0.243 e. The van der Waals surface area contributed by atoms with Crippen LogP contribution >= 0.6 is 0 Å². The van der Waals surface area contributed by atoms with E-state index < -0.39 is 15.9 Å². The number of ether oxygens (including phenoxy) is 1. The lowest BCUT2D eigenvalue weighted by Crippen LogP contribution is -2.22. The van der Waals surface area contributed by atoms with E-state index in [4.69, 9.17) is 10.5 Å². The third-order valence-electron chi connectivity index (χ3n) is 2.25. The minimum Gasteiger partial charge on any atom is -0.382 e. The molecular weight excluding hydrogens is 270 g/mol. The van der Waals surface area contributed by atoms with Gasteiger partial charge in [-0.2, -0.15) is 0 Å². The van der Waals surface area contributed by atoms with Crippen molar-refractivity contribution >= 4 is 21.6 Å². The molecule has 0 heterocycles. The molecule has 1 rings (SSSR count). The van der Waals surface area contributed by atoms with Crippen molar-refractivity contribution in [1.82, 2.24) is 4.72 Å². The summed E-state index contributed by atoms with van der Waals surface area (Å²) < 4.78 is 30.7. The quantitative estimate of drug-likeness (QED) is 0.559. The summed E-state index contributed by atoms with van der Waals surface area (Å²) in [6.45, 7) is 0.457. The molecule has 0 saturated carbocycles. The molecule has 1 amide bonds. The van der Waals surface area contributed by atoms with Crippen LogP contribution in [0.15, 0.2) is 29.2 Å². The molecule has 0 spiro atoms. The number of hydrogen-bond donors (Lipinski definition) is 3. The molecule has 8 heteroatoms. The van der Waals surface area contributed by atoms with Crippen molar-refractivity contribution in [3.63, 3.8) is 0 Å². The summed E-state index contributed by atoms with van der Waals surface area (Å²) in [6, 6.07) is 6.51. The van der Waals surface area contributed by atoms with Crippen molar-refractivity contribution in [1.29, 1.82) is 0 Å². The minimum atomic E-state index is -3.51. The van der Waals surface area contributed by atoms with Crippen LogP contribution in [0.3, 0.4) is 0 Å². The number of carbonyl (C=O) groups is 1. The van der Waals surface area contributed by atoms with E-state index in [-0.39, 0.29) is 18.1 Å². The van der Waals surface area contributed by atoms with E-state index in [1.54, 1.807) is 18.2 Å². The Hall–Kier alpha value is -1.64. The SMILES string of the molecule is CNS(=O)(=O)c1ccccc1NCCOCC(N)=O. The number of hydrogen-bond acceptors (Lipinski definition) is 5. The lowest BCUT2D eigenvalue weighted by Gasteiger charge is -2.11. The van der Waals surface area contributed by atoms with E-state index >= 15 is 0 Å². The lowest BCUT2D eigenvalue weighted by molar-refractivity contribution is -0.122. The highest BCUT2D eigenvalue weighted by Crippen LogP contribution is 2.19. The highest BCUT2D eigenvalue weighted by Gasteiger charge is 2.15. The first-order valence-corrected chi connectivity index (χ1v) is 7.08. The van der Waals surface area contributed by atoms with Gasteiger partial charge < -0.3 is 15.8 Å². The highest BCUT2D eigenvalue weighted by molar-refractivity contribution is 7.89. The first kappa shape index (κ1) is 15.4. The second-order valence-corrected chi connectivity index (χ2v) is 5.50.